The van der Waals surface area contributed by atoms with E-state index in [1.165, 1.54) is 12.1 Å². The fourth-order valence-electron chi connectivity index (χ4n) is 3.43. The van der Waals surface area contributed by atoms with Gasteiger partial charge in [0.05, 0.1) is 18.5 Å². The third-order valence-electron chi connectivity index (χ3n) is 4.91. The second kappa shape index (κ2) is 8.30. The van der Waals surface area contributed by atoms with Gasteiger partial charge in [-0.3, -0.25) is 9.59 Å². The van der Waals surface area contributed by atoms with Gasteiger partial charge in [0.15, 0.2) is 5.82 Å². The van der Waals surface area contributed by atoms with Crippen LogP contribution in [0.3, 0.4) is 0 Å². The van der Waals surface area contributed by atoms with Crippen LogP contribution < -0.4 is 10.6 Å². The van der Waals surface area contributed by atoms with Crippen molar-refractivity contribution >= 4 is 11.8 Å². The Hall–Kier alpha value is -3.42. The molecule has 2 N–H and O–H groups in total. The molecule has 0 unspecified atom stereocenters. The van der Waals surface area contributed by atoms with Crippen molar-refractivity contribution in [2.75, 3.05) is 0 Å². The predicted octanol–water partition coefficient (Wildman–Crippen LogP) is 2.81. The number of aromatic nitrogens is 2. The van der Waals surface area contributed by atoms with Crippen LogP contribution in [0.2, 0.25) is 0 Å². The Balaban J connectivity index is 1.49. The minimum absolute atomic E-state index is 0.234. The number of hydrogen-bond donors (Lipinski definition) is 2. The molecule has 4 rings (SSSR count). The van der Waals surface area contributed by atoms with Gasteiger partial charge >= 0.3 is 0 Å². The Morgan fingerprint density at radius 1 is 1.07 bits per heavy atom. The summed E-state index contributed by atoms with van der Waals surface area (Å²) in [6, 6.07) is 9.46. The van der Waals surface area contributed by atoms with Gasteiger partial charge in [0.2, 0.25) is 0 Å². The van der Waals surface area contributed by atoms with E-state index in [4.69, 9.17) is 4.42 Å². The molecule has 3 aromatic rings. The summed E-state index contributed by atoms with van der Waals surface area (Å²) in [5.74, 6) is -0.139. The van der Waals surface area contributed by atoms with E-state index < -0.39 is 0 Å². The highest BCUT2D eigenvalue weighted by Crippen LogP contribution is 2.21. The van der Waals surface area contributed by atoms with Crippen LogP contribution >= 0.6 is 0 Å². The number of amides is 2. The molecule has 2 aromatic heterocycles. The van der Waals surface area contributed by atoms with Crippen LogP contribution in [0.25, 0.3) is 0 Å². The number of rotatable bonds is 6. The minimum Gasteiger partial charge on any atom is -0.467 e. The summed E-state index contributed by atoms with van der Waals surface area (Å²) in [6.45, 7) is 1.16. The molecule has 3 heterocycles. The average molecular weight is 396 g/mol. The van der Waals surface area contributed by atoms with Crippen LogP contribution in [0.15, 0.2) is 47.1 Å². The number of benzene rings is 1. The first-order chi connectivity index (χ1) is 14.1. The van der Waals surface area contributed by atoms with Gasteiger partial charge < -0.3 is 19.6 Å². The third-order valence-corrected chi connectivity index (χ3v) is 4.91. The first-order valence-electron chi connectivity index (χ1n) is 9.54. The van der Waals surface area contributed by atoms with Gasteiger partial charge in [-0.05, 0) is 49.1 Å². The van der Waals surface area contributed by atoms with E-state index in [1.807, 2.05) is 4.57 Å². The number of nitrogens with zero attached hydrogens (tertiary/aromatic N) is 2. The molecule has 29 heavy (non-hydrogen) atoms. The Labute approximate surface area is 166 Å². The van der Waals surface area contributed by atoms with Crippen molar-refractivity contribution in [1.29, 1.82) is 0 Å². The first-order valence-corrected chi connectivity index (χ1v) is 9.54. The third kappa shape index (κ3) is 4.21. The Kier molecular flexibility index (Phi) is 5.41. The minimum atomic E-state index is -0.345. The first kappa shape index (κ1) is 18.9. The molecule has 0 atom stereocenters. The predicted molar refractivity (Wildman–Crippen MR) is 103 cm³/mol. The molecule has 2 amide bonds. The fourth-order valence-corrected chi connectivity index (χ4v) is 3.43. The highest BCUT2D eigenvalue weighted by molar-refractivity contribution is 5.97. The van der Waals surface area contributed by atoms with E-state index in [0.29, 0.717) is 18.7 Å². The van der Waals surface area contributed by atoms with Gasteiger partial charge in [0.25, 0.3) is 11.8 Å². The second-order valence-corrected chi connectivity index (χ2v) is 6.91. The topological polar surface area (TPSA) is 89.2 Å². The monoisotopic (exact) mass is 396 g/mol. The molecule has 0 spiro atoms. The van der Waals surface area contributed by atoms with Crippen LogP contribution in [0.1, 0.15) is 51.0 Å². The zero-order chi connectivity index (χ0) is 20.2. The number of nitrogens with one attached hydrogen (secondary N) is 2. The molecule has 7 nitrogen and oxygen atoms in total. The molecule has 8 heteroatoms. The lowest BCUT2D eigenvalue weighted by atomic mass is 10.1. The highest BCUT2D eigenvalue weighted by atomic mass is 19.1. The number of carbonyl (C=O) groups excluding carboxylic acids is 2. The van der Waals surface area contributed by atoms with Crippen molar-refractivity contribution < 1.29 is 18.4 Å². The van der Waals surface area contributed by atoms with Crippen molar-refractivity contribution in [2.45, 2.75) is 38.9 Å². The summed E-state index contributed by atoms with van der Waals surface area (Å²) >= 11 is 0. The smallest absolute Gasteiger partial charge is 0.287 e. The molecule has 0 saturated carbocycles. The van der Waals surface area contributed by atoms with Crippen LogP contribution in [0.4, 0.5) is 4.39 Å². The molecule has 0 bridgehead atoms. The number of hydrogen-bond acceptors (Lipinski definition) is 4. The number of fused-ring (bicyclic) bond motifs is 1. The zero-order valence-electron chi connectivity index (χ0n) is 15.8. The molecule has 0 aliphatic carbocycles. The highest BCUT2D eigenvalue weighted by Gasteiger charge is 2.27. The summed E-state index contributed by atoms with van der Waals surface area (Å²) in [5.41, 5.74) is 1.83. The van der Waals surface area contributed by atoms with Gasteiger partial charge in [-0.2, -0.15) is 0 Å². The summed E-state index contributed by atoms with van der Waals surface area (Å²) in [7, 11) is 0. The van der Waals surface area contributed by atoms with Crippen molar-refractivity contribution in [3.8, 4) is 0 Å². The number of imidazole rings is 1. The molecule has 0 radical (unpaired) electrons. The fraction of sp³-hybridized carbons (Fsp3) is 0.286. The van der Waals surface area contributed by atoms with E-state index in [9.17, 15) is 14.0 Å². The van der Waals surface area contributed by atoms with Crippen LogP contribution in [0.5, 0.6) is 0 Å². The molecule has 1 aliphatic rings. The van der Waals surface area contributed by atoms with Gasteiger partial charge in [-0.25, -0.2) is 9.37 Å². The summed E-state index contributed by atoms with van der Waals surface area (Å²) < 4.78 is 20.1. The number of furan rings is 1. The van der Waals surface area contributed by atoms with E-state index >= 15 is 0 Å². The summed E-state index contributed by atoms with van der Waals surface area (Å²) in [4.78, 5) is 29.8. The molecule has 0 fully saturated rings. The van der Waals surface area contributed by atoms with Crippen LogP contribution in [0, 0.1) is 5.82 Å². The zero-order valence-corrected chi connectivity index (χ0v) is 15.8. The van der Waals surface area contributed by atoms with Crippen molar-refractivity contribution in [3.63, 3.8) is 0 Å². The summed E-state index contributed by atoms with van der Waals surface area (Å²) in [5, 5.41) is 5.59. The molecular formula is C21H21FN4O3. The van der Waals surface area contributed by atoms with E-state index in [-0.39, 0.29) is 42.2 Å². The quantitative estimate of drug-likeness (QED) is 0.671. The van der Waals surface area contributed by atoms with Gasteiger partial charge in [-0.15, -0.1) is 0 Å². The Bertz CT molecular complexity index is 1010. The van der Waals surface area contributed by atoms with E-state index in [1.54, 1.807) is 30.5 Å². The summed E-state index contributed by atoms with van der Waals surface area (Å²) in [6.07, 6.45) is 4.11. The van der Waals surface area contributed by atoms with Crippen molar-refractivity contribution in [1.82, 2.24) is 20.2 Å². The van der Waals surface area contributed by atoms with Gasteiger partial charge in [0.1, 0.15) is 17.3 Å². The normalized spacial score (nSPS) is 13.0. The largest absolute Gasteiger partial charge is 0.467 e. The van der Waals surface area contributed by atoms with E-state index in [0.717, 1.165) is 24.1 Å². The maximum atomic E-state index is 13.0. The molecule has 150 valence electrons. The standard InChI is InChI=1S/C21H21FN4O3/c22-15-8-6-14(7-9-15)12-23-20(27)18-17-5-1-2-10-26(17)19(25-18)21(28)24-13-16-4-3-11-29-16/h3-4,6-9,11H,1-2,5,10,12-13H2,(H,23,27)(H,24,28). The maximum Gasteiger partial charge on any atom is 0.287 e. The maximum absolute atomic E-state index is 13.0. The number of carbonyl (C=O) groups is 2. The van der Waals surface area contributed by atoms with Crippen molar-refractivity contribution in [2.24, 2.45) is 0 Å². The van der Waals surface area contributed by atoms with Gasteiger partial charge in [-0.1, -0.05) is 12.1 Å². The Morgan fingerprint density at radius 2 is 1.86 bits per heavy atom. The second-order valence-electron chi connectivity index (χ2n) is 6.91. The van der Waals surface area contributed by atoms with Crippen LogP contribution in [-0.2, 0) is 26.1 Å². The SMILES string of the molecule is O=C(NCc1ccc(F)cc1)c1nc(C(=O)NCc2ccco2)n2c1CCCC2. The molecule has 1 aliphatic heterocycles. The lowest BCUT2D eigenvalue weighted by molar-refractivity contribution is 0.0932. The van der Waals surface area contributed by atoms with Crippen LogP contribution in [-0.4, -0.2) is 21.4 Å². The van der Waals surface area contributed by atoms with Gasteiger partial charge in [0, 0.05) is 13.1 Å². The molecular weight excluding hydrogens is 375 g/mol. The lowest BCUT2D eigenvalue weighted by Gasteiger charge is -2.17. The average Bonchev–Trinajstić information content (AvgIpc) is 3.39. The molecule has 0 saturated heterocycles. The lowest BCUT2D eigenvalue weighted by Crippen LogP contribution is -2.27. The molecule has 1 aromatic carbocycles. The van der Waals surface area contributed by atoms with Crippen molar-refractivity contribution in [3.05, 3.63) is 77.0 Å². The number of halogens is 1. The van der Waals surface area contributed by atoms with E-state index in [2.05, 4.69) is 15.6 Å². The Morgan fingerprint density at radius 3 is 2.62 bits per heavy atom.